The van der Waals surface area contributed by atoms with Crippen LogP contribution in [0.2, 0.25) is 10.0 Å². The van der Waals surface area contributed by atoms with E-state index in [1.54, 1.807) is 24.3 Å². The van der Waals surface area contributed by atoms with E-state index in [9.17, 15) is 14.3 Å². The molecule has 2 aromatic rings. The minimum absolute atomic E-state index is 0.369. The number of benzene rings is 2. The Balaban J connectivity index is 2.15. The molecule has 1 heterocycles. The number of hydrogen-bond donors (Lipinski definition) is 1. The molecule has 132 valence electrons. The average Bonchev–Trinajstić information content (AvgIpc) is 2.59. The maximum Gasteiger partial charge on any atom is 0.320 e. The van der Waals surface area contributed by atoms with Gasteiger partial charge in [-0.1, -0.05) is 53.9 Å². The molecule has 0 bridgehead atoms. The number of likely N-dealkylation sites (tertiary alicyclic amines) is 1. The van der Waals surface area contributed by atoms with Crippen LogP contribution in [0.1, 0.15) is 36.4 Å². The zero-order valence-corrected chi connectivity index (χ0v) is 15.0. The Hall–Kier alpha value is -1.62. The largest absolute Gasteiger partial charge is 0.480 e. The Bertz CT molecular complexity index is 784. The van der Waals surface area contributed by atoms with E-state index in [1.165, 1.54) is 12.1 Å². The third-order valence-electron chi connectivity index (χ3n) is 4.60. The molecule has 6 heteroatoms. The van der Waals surface area contributed by atoms with Gasteiger partial charge in [0.1, 0.15) is 11.9 Å². The molecule has 0 radical (unpaired) electrons. The molecule has 0 aromatic heterocycles. The third kappa shape index (κ3) is 3.81. The van der Waals surface area contributed by atoms with Gasteiger partial charge in [0, 0.05) is 0 Å². The van der Waals surface area contributed by atoms with E-state index in [1.807, 2.05) is 11.0 Å². The lowest BCUT2D eigenvalue weighted by atomic mass is 9.91. The van der Waals surface area contributed by atoms with Gasteiger partial charge in [0.05, 0.1) is 16.1 Å². The molecule has 0 spiro atoms. The van der Waals surface area contributed by atoms with Gasteiger partial charge in [0.2, 0.25) is 0 Å². The summed E-state index contributed by atoms with van der Waals surface area (Å²) in [6.45, 7) is 0.598. The lowest BCUT2D eigenvalue weighted by molar-refractivity contribution is -0.145. The Kier molecular flexibility index (Phi) is 5.62. The number of piperidine rings is 1. The molecular weight excluding hydrogens is 364 g/mol. The van der Waals surface area contributed by atoms with E-state index in [2.05, 4.69) is 0 Å². The minimum atomic E-state index is -0.876. The third-order valence-corrected chi connectivity index (χ3v) is 5.43. The zero-order valence-electron chi connectivity index (χ0n) is 13.5. The summed E-state index contributed by atoms with van der Waals surface area (Å²) in [4.78, 5) is 13.7. The van der Waals surface area contributed by atoms with Gasteiger partial charge in [-0.2, -0.15) is 0 Å². The molecule has 2 unspecified atom stereocenters. The predicted molar refractivity (Wildman–Crippen MR) is 96.7 cm³/mol. The molecule has 2 atom stereocenters. The number of carboxylic acids is 1. The van der Waals surface area contributed by atoms with Crippen LogP contribution >= 0.6 is 23.2 Å². The highest BCUT2D eigenvalue weighted by molar-refractivity contribution is 6.42. The van der Waals surface area contributed by atoms with Gasteiger partial charge >= 0.3 is 5.97 Å². The molecule has 2 aromatic carbocycles. The SMILES string of the molecule is O=C(O)C1CCCCN1C(c1cccc(F)c1)c1cccc(Cl)c1Cl. The Morgan fingerprint density at radius 3 is 2.68 bits per heavy atom. The predicted octanol–water partition coefficient (Wildman–Crippen LogP) is 5.16. The van der Waals surface area contributed by atoms with Crippen molar-refractivity contribution in [3.8, 4) is 0 Å². The second-order valence-corrected chi connectivity index (χ2v) is 6.97. The van der Waals surface area contributed by atoms with E-state index in [0.29, 0.717) is 34.1 Å². The Morgan fingerprint density at radius 1 is 1.20 bits per heavy atom. The highest BCUT2D eigenvalue weighted by Gasteiger charge is 2.36. The molecular formula is C19H18Cl2FNO2. The van der Waals surface area contributed by atoms with E-state index >= 15 is 0 Å². The van der Waals surface area contributed by atoms with Crippen LogP contribution in [0.25, 0.3) is 0 Å². The molecule has 0 saturated carbocycles. The first-order valence-electron chi connectivity index (χ1n) is 8.17. The van der Waals surface area contributed by atoms with Crippen molar-refractivity contribution < 1.29 is 14.3 Å². The highest BCUT2D eigenvalue weighted by Crippen LogP contribution is 2.39. The van der Waals surface area contributed by atoms with E-state index in [-0.39, 0.29) is 5.82 Å². The number of aliphatic carboxylic acids is 1. The fraction of sp³-hybridized carbons (Fsp3) is 0.316. The number of rotatable bonds is 4. The fourth-order valence-corrected chi connectivity index (χ4v) is 3.90. The summed E-state index contributed by atoms with van der Waals surface area (Å²) in [5.41, 5.74) is 1.35. The van der Waals surface area contributed by atoms with Crippen molar-refractivity contribution in [1.29, 1.82) is 0 Å². The minimum Gasteiger partial charge on any atom is -0.480 e. The van der Waals surface area contributed by atoms with E-state index in [4.69, 9.17) is 23.2 Å². The van der Waals surface area contributed by atoms with Crippen molar-refractivity contribution in [2.45, 2.75) is 31.3 Å². The van der Waals surface area contributed by atoms with Crippen molar-refractivity contribution in [2.75, 3.05) is 6.54 Å². The molecule has 0 amide bonds. The van der Waals surface area contributed by atoms with Crippen LogP contribution in [0.5, 0.6) is 0 Å². The van der Waals surface area contributed by atoms with Crippen molar-refractivity contribution in [1.82, 2.24) is 4.90 Å². The van der Waals surface area contributed by atoms with Gasteiger partial charge < -0.3 is 5.11 Å². The van der Waals surface area contributed by atoms with Gasteiger partial charge in [-0.15, -0.1) is 0 Å². The van der Waals surface area contributed by atoms with Crippen LogP contribution in [0.15, 0.2) is 42.5 Å². The molecule has 0 aliphatic carbocycles. The monoisotopic (exact) mass is 381 g/mol. The summed E-state index contributed by atoms with van der Waals surface area (Å²) in [5.74, 6) is -1.25. The molecule has 1 fully saturated rings. The van der Waals surface area contributed by atoms with Crippen LogP contribution in [0.4, 0.5) is 4.39 Å². The quantitative estimate of drug-likeness (QED) is 0.794. The number of hydrogen-bond acceptors (Lipinski definition) is 2. The summed E-state index contributed by atoms with van der Waals surface area (Å²) in [5, 5.41) is 10.4. The maximum atomic E-state index is 13.9. The summed E-state index contributed by atoms with van der Waals surface area (Å²) >= 11 is 12.6. The highest BCUT2D eigenvalue weighted by atomic mass is 35.5. The maximum absolute atomic E-state index is 13.9. The second-order valence-electron chi connectivity index (χ2n) is 6.19. The van der Waals surface area contributed by atoms with Crippen molar-refractivity contribution >= 4 is 29.2 Å². The number of nitrogens with zero attached hydrogens (tertiary/aromatic N) is 1. The van der Waals surface area contributed by atoms with Gasteiger partial charge in [0.25, 0.3) is 0 Å². The van der Waals surface area contributed by atoms with Crippen molar-refractivity contribution in [3.63, 3.8) is 0 Å². The first kappa shape index (κ1) is 18.2. The fourth-order valence-electron chi connectivity index (χ4n) is 3.49. The van der Waals surface area contributed by atoms with Crippen LogP contribution in [-0.4, -0.2) is 28.6 Å². The molecule has 1 N–H and O–H groups in total. The Labute approximate surface area is 156 Å². The van der Waals surface area contributed by atoms with Crippen LogP contribution in [0, 0.1) is 5.82 Å². The van der Waals surface area contributed by atoms with E-state index in [0.717, 1.165) is 12.8 Å². The lowest BCUT2D eigenvalue weighted by Crippen LogP contribution is -2.46. The van der Waals surface area contributed by atoms with Crippen LogP contribution in [-0.2, 0) is 4.79 Å². The number of halogens is 3. The lowest BCUT2D eigenvalue weighted by Gasteiger charge is -2.40. The molecule has 3 rings (SSSR count). The normalized spacial score (nSPS) is 19.6. The molecule has 25 heavy (non-hydrogen) atoms. The standard InChI is InChI=1S/C19H18Cl2FNO2/c20-15-8-4-7-14(17(15)21)18(12-5-3-6-13(22)11-12)23-10-2-1-9-16(23)19(24)25/h3-8,11,16,18H,1-2,9-10H2,(H,24,25). The number of carbonyl (C=O) groups is 1. The van der Waals surface area contributed by atoms with Gasteiger partial charge in [-0.25, -0.2) is 4.39 Å². The van der Waals surface area contributed by atoms with E-state index < -0.39 is 18.1 Å². The van der Waals surface area contributed by atoms with Gasteiger partial charge in [-0.05, 0) is 48.7 Å². The number of carboxylic acid groups (broad SMARTS) is 1. The molecule has 1 saturated heterocycles. The molecule has 1 aliphatic heterocycles. The van der Waals surface area contributed by atoms with Crippen LogP contribution < -0.4 is 0 Å². The van der Waals surface area contributed by atoms with Gasteiger partial charge in [0.15, 0.2) is 0 Å². The molecule has 1 aliphatic rings. The Morgan fingerprint density at radius 2 is 1.96 bits per heavy atom. The van der Waals surface area contributed by atoms with Crippen LogP contribution in [0.3, 0.4) is 0 Å². The van der Waals surface area contributed by atoms with Gasteiger partial charge in [-0.3, -0.25) is 9.69 Å². The topological polar surface area (TPSA) is 40.5 Å². The summed E-state index contributed by atoms with van der Waals surface area (Å²) in [6.07, 6.45) is 2.29. The summed E-state index contributed by atoms with van der Waals surface area (Å²) in [7, 11) is 0. The van der Waals surface area contributed by atoms with Crippen molar-refractivity contribution in [2.24, 2.45) is 0 Å². The summed E-state index contributed by atoms with van der Waals surface area (Å²) in [6, 6.07) is 10.4. The second kappa shape index (κ2) is 7.73. The van der Waals surface area contributed by atoms with Crippen molar-refractivity contribution in [3.05, 3.63) is 69.5 Å². The average molecular weight is 382 g/mol. The first-order valence-corrected chi connectivity index (χ1v) is 8.92. The zero-order chi connectivity index (χ0) is 18.0. The smallest absolute Gasteiger partial charge is 0.320 e. The summed E-state index contributed by atoms with van der Waals surface area (Å²) < 4.78 is 13.9. The molecule has 3 nitrogen and oxygen atoms in total. The first-order chi connectivity index (χ1) is 12.0.